The van der Waals surface area contributed by atoms with Crippen molar-refractivity contribution in [2.24, 2.45) is 0 Å². The van der Waals surface area contributed by atoms with E-state index in [-0.39, 0.29) is 5.91 Å². The number of fused-ring (bicyclic) bond motifs is 1. The first kappa shape index (κ1) is 16.3. The van der Waals surface area contributed by atoms with Gasteiger partial charge >= 0.3 is 0 Å². The van der Waals surface area contributed by atoms with Gasteiger partial charge in [-0.05, 0) is 43.4 Å². The van der Waals surface area contributed by atoms with Gasteiger partial charge in [0, 0.05) is 12.1 Å². The predicted molar refractivity (Wildman–Crippen MR) is 92.2 cm³/mol. The summed E-state index contributed by atoms with van der Waals surface area (Å²) in [6.07, 6.45) is 3.44. The molecule has 0 saturated carbocycles. The Morgan fingerprint density at radius 2 is 2.13 bits per heavy atom. The maximum Gasteiger partial charge on any atom is 0.230 e. The number of aryl methyl sites for hydroxylation is 3. The lowest BCUT2D eigenvalue weighted by atomic mass is 10.0. The number of carbonyl (C=O) groups is 1. The van der Waals surface area contributed by atoms with Crippen molar-refractivity contribution < 1.29 is 9.53 Å². The first-order chi connectivity index (χ1) is 11.2. The van der Waals surface area contributed by atoms with Crippen LogP contribution in [0.4, 0.5) is 0 Å². The van der Waals surface area contributed by atoms with E-state index in [2.05, 4.69) is 27.6 Å². The Bertz CT molecular complexity index is 715. The third-order valence-corrected chi connectivity index (χ3v) is 5.78. The Labute approximate surface area is 143 Å². The fraction of sp³-hybridized carbons (Fsp3) is 0.438. The van der Waals surface area contributed by atoms with Crippen LogP contribution in [0.15, 0.2) is 16.5 Å². The number of ether oxygens (including phenoxy) is 1. The van der Waals surface area contributed by atoms with Crippen LogP contribution in [-0.4, -0.2) is 29.0 Å². The Balaban J connectivity index is 1.56. The largest absolute Gasteiger partial charge is 0.496 e. The van der Waals surface area contributed by atoms with Gasteiger partial charge in [-0.15, -0.1) is 10.2 Å². The first-order valence-electron chi connectivity index (χ1n) is 7.54. The van der Waals surface area contributed by atoms with E-state index in [1.807, 2.05) is 6.92 Å². The minimum absolute atomic E-state index is 0.00888. The molecule has 2 aromatic rings. The zero-order valence-electron chi connectivity index (χ0n) is 13.2. The number of benzene rings is 1. The second-order valence-corrected chi connectivity index (χ2v) is 7.84. The molecule has 0 bridgehead atoms. The molecule has 3 rings (SSSR count). The highest BCUT2D eigenvalue weighted by molar-refractivity contribution is 8.01. The minimum Gasteiger partial charge on any atom is -0.496 e. The zero-order chi connectivity index (χ0) is 16.2. The average Bonchev–Trinajstić information content (AvgIpc) is 3.17. The van der Waals surface area contributed by atoms with E-state index >= 15 is 0 Å². The highest BCUT2D eigenvalue weighted by Gasteiger charge is 2.15. The number of nitrogens with one attached hydrogen (secondary N) is 1. The molecule has 0 atom stereocenters. The van der Waals surface area contributed by atoms with Crippen molar-refractivity contribution in [2.45, 2.75) is 37.1 Å². The Morgan fingerprint density at radius 3 is 2.83 bits per heavy atom. The van der Waals surface area contributed by atoms with E-state index in [0.29, 0.717) is 12.3 Å². The molecule has 1 aromatic carbocycles. The molecule has 1 heterocycles. The van der Waals surface area contributed by atoms with Crippen LogP contribution in [0, 0.1) is 6.92 Å². The molecule has 0 aliphatic heterocycles. The predicted octanol–water partition coefficient (Wildman–Crippen LogP) is 2.75. The fourth-order valence-electron chi connectivity index (χ4n) is 2.69. The van der Waals surface area contributed by atoms with Gasteiger partial charge in [-0.25, -0.2) is 0 Å². The van der Waals surface area contributed by atoms with Gasteiger partial charge in [-0.3, -0.25) is 4.79 Å². The molecule has 0 radical (unpaired) electrons. The monoisotopic (exact) mass is 349 g/mol. The van der Waals surface area contributed by atoms with Gasteiger partial charge in [0.15, 0.2) is 4.34 Å². The van der Waals surface area contributed by atoms with Gasteiger partial charge in [0.05, 0.1) is 12.9 Å². The van der Waals surface area contributed by atoms with Gasteiger partial charge < -0.3 is 10.1 Å². The van der Waals surface area contributed by atoms with Crippen LogP contribution in [0.2, 0.25) is 0 Å². The summed E-state index contributed by atoms with van der Waals surface area (Å²) >= 11 is 2.92. The molecule has 0 saturated heterocycles. The number of rotatable bonds is 6. The molecule has 23 heavy (non-hydrogen) atoms. The van der Waals surface area contributed by atoms with E-state index in [1.54, 1.807) is 7.11 Å². The smallest absolute Gasteiger partial charge is 0.230 e. The van der Waals surface area contributed by atoms with Gasteiger partial charge in [0.25, 0.3) is 0 Å². The lowest BCUT2D eigenvalue weighted by Gasteiger charge is -2.12. The minimum atomic E-state index is -0.00888. The highest BCUT2D eigenvalue weighted by Crippen LogP contribution is 2.30. The SMILES string of the molecule is COc1cc2c(cc1CNC(=O)CSc1nnc(C)s1)CCC2. The summed E-state index contributed by atoms with van der Waals surface area (Å²) in [5, 5.41) is 11.8. The molecule has 0 unspecified atom stereocenters. The van der Waals surface area contributed by atoms with Crippen LogP contribution < -0.4 is 10.1 Å². The van der Waals surface area contributed by atoms with Crippen LogP contribution in [0.25, 0.3) is 0 Å². The standard InChI is InChI=1S/C16H19N3O2S2/c1-10-18-19-16(23-10)22-9-15(20)17-8-13-6-11-4-3-5-12(11)7-14(13)21-2/h6-7H,3-5,8-9H2,1-2H3,(H,17,20). The molecule has 0 fully saturated rings. The molecule has 122 valence electrons. The molecule has 1 aliphatic rings. The molecule has 5 nitrogen and oxygen atoms in total. The maximum atomic E-state index is 12.0. The first-order valence-corrected chi connectivity index (χ1v) is 9.34. The molecular weight excluding hydrogens is 330 g/mol. The van der Waals surface area contributed by atoms with E-state index < -0.39 is 0 Å². The fourth-order valence-corrected chi connectivity index (χ4v) is 4.34. The number of hydrogen-bond acceptors (Lipinski definition) is 6. The summed E-state index contributed by atoms with van der Waals surface area (Å²) in [7, 11) is 1.68. The van der Waals surface area contributed by atoms with E-state index in [9.17, 15) is 4.79 Å². The van der Waals surface area contributed by atoms with Crippen molar-refractivity contribution in [1.82, 2.24) is 15.5 Å². The summed E-state index contributed by atoms with van der Waals surface area (Å²) in [5.41, 5.74) is 3.80. The molecule has 1 amide bonds. The molecule has 1 aromatic heterocycles. The second-order valence-electron chi connectivity index (χ2n) is 5.44. The number of hydrogen-bond donors (Lipinski definition) is 1. The van der Waals surface area contributed by atoms with Crippen molar-refractivity contribution in [3.63, 3.8) is 0 Å². The Kier molecular flexibility index (Phi) is 5.17. The quantitative estimate of drug-likeness (QED) is 0.813. The average molecular weight is 349 g/mol. The van der Waals surface area contributed by atoms with Crippen molar-refractivity contribution in [3.05, 3.63) is 33.8 Å². The normalized spacial score (nSPS) is 13.0. The molecular formula is C16H19N3O2S2. The summed E-state index contributed by atoms with van der Waals surface area (Å²) in [4.78, 5) is 12.0. The molecule has 1 N–H and O–H groups in total. The van der Waals surface area contributed by atoms with Gasteiger partial charge in [0.1, 0.15) is 10.8 Å². The van der Waals surface area contributed by atoms with Crippen molar-refractivity contribution in [3.8, 4) is 5.75 Å². The number of methoxy groups -OCH3 is 1. The summed E-state index contributed by atoms with van der Waals surface area (Å²) in [5.74, 6) is 1.20. The number of aromatic nitrogens is 2. The zero-order valence-corrected chi connectivity index (χ0v) is 14.9. The van der Waals surface area contributed by atoms with Crippen molar-refractivity contribution >= 4 is 29.0 Å². The molecule has 1 aliphatic carbocycles. The number of thioether (sulfide) groups is 1. The highest BCUT2D eigenvalue weighted by atomic mass is 32.2. The molecule has 7 heteroatoms. The molecule has 0 spiro atoms. The Hall–Kier alpha value is -1.60. The van der Waals surface area contributed by atoms with Crippen molar-refractivity contribution in [1.29, 1.82) is 0 Å². The lowest BCUT2D eigenvalue weighted by Crippen LogP contribution is -2.24. The number of carbonyl (C=O) groups excluding carboxylic acids is 1. The van der Waals surface area contributed by atoms with E-state index in [4.69, 9.17) is 4.74 Å². The van der Waals surface area contributed by atoms with Crippen molar-refractivity contribution in [2.75, 3.05) is 12.9 Å². The third kappa shape index (κ3) is 4.03. The van der Waals surface area contributed by atoms with E-state index in [0.717, 1.165) is 33.5 Å². The Morgan fingerprint density at radius 1 is 1.35 bits per heavy atom. The maximum absolute atomic E-state index is 12.0. The van der Waals surface area contributed by atoms with Gasteiger partial charge in [0.2, 0.25) is 5.91 Å². The summed E-state index contributed by atoms with van der Waals surface area (Å²) in [6, 6.07) is 4.28. The van der Waals surface area contributed by atoms with Crippen LogP contribution in [-0.2, 0) is 24.2 Å². The second kappa shape index (κ2) is 7.31. The van der Waals surface area contributed by atoms with Crippen LogP contribution >= 0.6 is 23.1 Å². The lowest BCUT2D eigenvalue weighted by molar-refractivity contribution is -0.118. The van der Waals surface area contributed by atoms with Gasteiger partial charge in [-0.2, -0.15) is 0 Å². The number of nitrogens with zero attached hydrogens (tertiary/aromatic N) is 2. The van der Waals surface area contributed by atoms with Gasteiger partial charge in [-0.1, -0.05) is 29.2 Å². The van der Waals surface area contributed by atoms with Crippen LogP contribution in [0.5, 0.6) is 5.75 Å². The third-order valence-electron chi connectivity index (χ3n) is 3.81. The summed E-state index contributed by atoms with van der Waals surface area (Å²) in [6.45, 7) is 2.40. The van der Waals surface area contributed by atoms with E-state index in [1.165, 1.54) is 40.6 Å². The summed E-state index contributed by atoms with van der Waals surface area (Å²) < 4.78 is 6.29. The van der Waals surface area contributed by atoms with Crippen LogP contribution in [0.3, 0.4) is 0 Å². The van der Waals surface area contributed by atoms with Crippen LogP contribution in [0.1, 0.15) is 28.1 Å². The number of amides is 1. The topological polar surface area (TPSA) is 64.1 Å².